The summed E-state index contributed by atoms with van der Waals surface area (Å²) in [5, 5.41) is 3.28. The third kappa shape index (κ3) is 3.89. The Kier molecular flexibility index (Phi) is 5.70. The van der Waals surface area contributed by atoms with Crippen molar-refractivity contribution in [3.8, 4) is 0 Å². The van der Waals surface area contributed by atoms with Gasteiger partial charge in [0.25, 0.3) is 11.8 Å². The van der Waals surface area contributed by atoms with Crippen LogP contribution in [0.1, 0.15) is 22.3 Å². The van der Waals surface area contributed by atoms with Gasteiger partial charge in [0.1, 0.15) is 10.6 Å². The zero-order chi connectivity index (χ0) is 22.1. The largest absolute Gasteiger partial charge is 0.350 e. The summed E-state index contributed by atoms with van der Waals surface area (Å²) in [5.74, 6) is -0.640. The van der Waals surface area contributed by atoms with E-state index in [4.69, 9.17) is 0 Å². The summed E-state index contributed by atoms with van der Waals surface area (Å²) in [6.45, 7) is 7.95. The monoisotopic (exact) mass is 428 g/mol. The molecule has 4 nitrogen and oxygen atoms in total. The molecule has 156 valence electrons. The van der Waals surface area contributed by atoms with Gasteiger partial charge in [0.2, 0.25) is 0 Å². The molecule has 0 saturated heterocycles. The van der Waals surface area contributed by atoms with Crippen molar-refractivity contribution in [2.75, 3.05) is 10.2 Å². The number of carbonyl (C=O) groups excluding carboxylic acids is 2. The first-order valence-electron chi connectivity index (χ1n) is 10.1. The van der Waals surface area contributed by atoms with Crippen LogP contribution in [0.2, 0.25) is 0 Å². The lowest BCUT2D eigenvalue weighted by Crippen LogP contribution is -2.33. The fraction of sp³-hybridized carbons (Fsp3) is 0.154. The number of amides is 2. The first-order chi connectivity index (χ1) is 14.9. The molecule has 0 atom stereocenters. The van der Waals surface area contributed by atoms with E-state index in [0.717, 1.165) is 32.8 Å². The predicted octanol–water partition coefficient (Wildman–Crippen LogP) is 5.91. The van der Waals surface area contributed by atoms with Gasteiger partial charge in [-0.3, -0.25) is 9.59 Å². The molecule has 0 spiro atoms. The Balaban J connectivity index is 1.81. The summed E-state index contributed by atoms with van der Waals surface area (Å²) in [7, 11) is 0. The molecule has 3 aromatic rings. The number of nitrogens with zero attached hydrogens (tertiary/aromatic N) is 1. The van der Waals surface area contributed by atoms with Gasteiger partial charge in [0, 0.05) is 10.6 Å². The maximum absolute atomic E-state index is 13.6. The van der Waals surface area contributed by atoms with Crippen LogP contribution in [0, 0.1) is 27.7 Å². The predicted molar refractivity (Wildman–Crippen MR) is 127 cm³/mol. The summed E-state index contributed by atoms with van der Waals surface area (Å²) >= 11 is 1.31. The van der Waals surface area contributed by atoms with Gasteiger partial charge in [-0.15, -0.1) is 0 Å². The zero-order valence-corrected chi connectivity index (χ0v) is 18.8. The van der Waals surface area contributed by atoms with Crippen LogP contribution >= 0.6 is 11.8 Å². The van der Waals surface area contributed by atoms with Crippen molar-refractivity contribution in [3.05, 3.63) is 99.6 Å². The number of benzene rings is 3. The summed E-state index contributed by atoms with van der Waals surface area (Å²) in [6, 6.07) is 21.2. The van der Waals surface area contributed by atoms with Crippen LogP contribution < -0.4 is 10.2 Å². The molecule has 2 amide bonds. The maximum atomic E-state index is 13.6. The highest BCUT2D eigenvalue weighted by Gasteiger charge is 2.41. The van der Waals surface area contributed by atoms with Crippen LogP contribution in [-0.4, -0.2) is 11.8 Å². The number of carbonyl (C=O) groups is 2. The second kappa shape index (κ2) is 8.44. The van der Waals surface area contributed by atoms with E-state index >= 15 is 0 Å². The molecular weight excluding hydrogens is 404 g/mol. The molecule has 0 unspecified atom stereocenters. The average molecular weight is 429 g/mol. The van der Waals surface area contributed by atoms with Crippen molar-refractivity contribution < 1.29 is 9.59 Å². The second-order valence-corrected chi connectivity index (χ2v) is 8.74. The Bertz CT molecular complexity index is 1220. The third-order valence-corrected chi connectivity index (χ3v) is 6.78. The maximum Gasteiger partial charge on any atom is 0.283 e. The van der Waals surface area contributed by atoms with Crippen molar-refractivity contribution >= 4 is 35.0 Å². The topological polar surface area (TPSA) is 49.4 Å². The zero-order valence-electron chi connectivity index (χ0n) is 18.0. The summed E-state index contributed by atoms with van der Waals surface area (Å²) in [4.78, 5) is 29.7. The van der Waals surface area contributed by atoms with E-state index in [1.165, 1.54) is 16.7 Å². The van der Waals surface area contributed by atoms with Crippen molar-refractivity contribution in [1.29, 1.82) is 0 Å². The van der Waals surface area contributed by atoms with E-state index in [-0.39, 0.29) is 11.8 Å². The van der Waals surface area contributed by atoms with Gasteiger partial charge in [0.15, 0.2) is 0 Å². The summed E-state index contributed by atoms with van der Waals surface area (Å²) in [5.41, 5.74) is 5.88. The fourth-order valence-electron chi connectivity index (χ4n) is 3.54. The van der Waals surface area contributed by atoms with Gasteiger partial charge in [-0.1, -0.05) is 54.2 Å². The van der Waals surface area contributed by atoms with E-state index in [2.05, 4.69) is 5.32 Å². The molecule has 0 fully saturated rings. The Hall–Kier alpha value is -3.31. The number of imide groups is 1. The highest BCUT2D eigenvalue weighted by molar-refractivity contribution is 8.04. The Labute approximate surface area is 187 Å². The molecule has 0 aromatic heterocycles. The Morgan fingerprint density at radius 1 is 0.710 bits per heavy atom. The molecule has 1 N–H and O–H groups in total. The lowest BCUT2D eigenvalue weighted by Gasteiger charge is -2.19. The first kappa shape index (κ1) is 20.9. The van der Waals surface area contributed by atoms with E-state index in [1.54, 1.807) is 0 Å². The lowest BCUT2D eigenvalue weighted by atomic mass is 10.1. The van der Waals surface area contributed by atoms with Crippen LogP contribution in [0.3, 0.4) is 0 Å². The normalized spacial score (nSPS) is 13.9. The Morgan fingerprint density at radius 3 is 2.06 bits per heavy atom. The van der Waals surface area contributed by atoms with E-state index in [9.17, 15) is 9.59 Å². The van der Waals surface area contributed by atoms with Gasteiger partial charge in [-0.05, 0) is 74.2 Å². The number of rotatable bonds is 5. The number of hydrogen-bond acceptors (Lipinski definition) is 4. The lowest BCUT2D eigenvalue weighted by molar-refractivity contribution is -0.120. The molecule has 0 bridgehead atoms. The number of aryl methyl sites for hydroxylation is 2. The van der Waals surface area contributed by atoms with Crippen LogP contribution in [0.5, 0.6) is 0 Å². The van der Waals surface area contributed by atoms with Gasteiger partial charge in [-0.2, -0.15) is 0 Å². The number of nitrogens with one attached hydrogen (secondary N) is 1. The van der Waals surface area contributed by atoms with Gasteiger partial charge >= 0.3 is 0 Å². The number of thioether (sulfide) groups is 1. The molecule has 1 aliphatic heterocycles. The highest BCUT2D eigenvalue weighted by atomic mass is 32.2. The molecular formula is C26H24N2O2S. The van der Waals surface area contributed by atoms with Crippen LogP contribution in [-0.2, 0) is 9.59 Å². The van der Waals surface area contributed by atoms with E-state index in [0.29, 0.717) is 16.3 Å². The molecule has 0 aliphatic carbocycles. The molecule has 31 heavy (non-hydrogen) atoms. The molecule has 0 saturated carbocycles. The molecule has 1 aliphatic rings. The summed E-state index contributed by atoms with van der Waals surface area (Å²) < 4.78 is 0. The average Bonchev–Trinajstić information content (AvgIpc) is 2.98. The summed E-state index contributed by atoms with van der Waals surface area (Å²) in [6.07, 6.45) is 0. The van der Waals surface area contributed by atoms with Crippen LogP contribution in [0.25, 0.3) is 0 Å². The van der Waals surface area contributed by atoms with Gasteiger partial charge in [0.05, 0.1) is 5.69 Å². The van der Waals surface area contributed by atoms with Crippen LogP contribution in [0.15, 0.2) is 82.2 Å². The van der Waals surface area contributed by atoms with Crippen molar-refractivity contribution in [2.45, 2.75) is 32.6 Å². The SMILES string of the molecule is Cc1cccc(NC2=C(Sc3ccccc3)C(=O)N(c3cccc(C)c3C)C2=O)c1C. The third-order valence-electron chi connectivity index (χ3n) is 5.69. The van der Waals surface area contributed by atoms with Crippen molar-refractivity contribution in [2.24, 2.45) is 0 Å². The van der Waals surface area contributed by atoms with E-state index < -0.39 is 0 Å². The number of hydrogen-bond donors (Lipinski definition) is 1. The minimum absolute atomic E-state index is 0.305. The molecule has 1 heterocycles. The Morgan fingerprint density at radius 2 is 1.35 bits per heavy atom. The van der Waals surface area contributed by atoms with Crippen molar-refractivity contribution in [1.82, 2.24) is 0 Å². The van der Waals surface area contributed by atoms with Gasteiger partial charge < -0.3 is 5.32 Å². The van der Waals surface area contributed by atoms with Crippen molar-refractivity contribution in [3.63, 3.8) is 0 Å². The molecule has 4 rings (SSSR count). The minimum atomic E-state index is -0.335. The minimum Gasteiger partial charge on any atom is -0.350 e. The van der Waals surface area contributed by atoms with E-state index in [1.807, 2.05) is 94.4 Å². The van der Waals surface area contributed by atoms with Crippen LogP contribution in [0.4, 0.5) is 11.4 Å². The standard InChI is InChI=1S/C26H24N2O2S/c1-16-10-8-14-21(18(16)3)27-23-24(31-20-12-6-5-7-13-20)26(30)28(25(23)29)22-15-9-11-17(2)19(22)4/h5-15,27H,1-4H3. The molecule has 3 aromatic carbocycles. The smallest absolute Gasteiger partial charge is 0.283 e. The molecule has 5 heteroatoms. The highest BCUT2D eigenvalue weighted by Crippen LogP contribution is 2.39. The van der Waals surface area contributed by atoms with Gasteiger partial charge in [-0.25, -0.2) is 4.90 Å². The quantitative estimate of drug-likeness (QED) is 0.513. The fourth-order valence-corrected chi connectivity index (χ4v) is 4.49. The second-order valence-electron chi connectivity index (χ2n) is 7.66. The molecule has 0 radical (unpaired) electrons. The first-order valence-corrected chi connectivity index (χ1v) is 11.0. The number of anilines is 2.